The maximum atomic E-state index is 5.92. The van der Waals surface area contributed by atoms with Crippen molar-refractivity contribution in [3.05, 3.63) is 17.8 Å². The van der Waals surface area contributed by atoms with Crippen molar-refractivity contribution in [2.75, 3.05) is 19.7 Å². The molecule has 86 valence electrons. The van der Waals surface area contributed by atoms with E-state index in [0.717, 1.165) is 50.6 Å². The second-order valence-corrected chi connectivity index (χ2v) is 4.30. The van der Waals surface area contributed by atoms with Gasteiger partial charge in [0.1, 0.15) is 11.9 Å². The van der Waals surface area contributed by atoms with Gasteiger partial charge in [-0.25, -0.2) is 4.98 Å². The molecule has 3 heterocycles. The Hall–Kier alpha value is -1.29. The van der Waals surface area contributed by atoms with E-state index < -0.39 is 0 Å². The molecule has 3 rings (SSSR count). The maximum absolute atomic E-state index is 5.92. The van der Waals surface area contributed by atoms with Gasteiger partial charge < -0.3 is 14.8 Å². The van der Waals surface area contributed by atoms with E-state index >= 15 is 0 Å². The molecular weight excluding hydrogens is 204 g/mol. The molecule has 2 aliphatic heterocycles. The molecular formula is C12H16N2O2. The normalized spacial score (nSPS) is 20.2. The average Bonchev–Trinajstić information content (AvgIpc) is 2.77. The minimum absolute atomic E-state index is 0.337. The van der Waals surface area contributed by atoms with Gasteiger partial charge >= 0.3 is 0 Å². The van der Waals surface area contributed by atoms with Gasteiger partial charge in [-0.05, 0) is 32.0 Å². The predicted octanol–water partition coefficient (Wildman–Crippen LogP) is 1.15. The SMILES string of the molecule is c1nc2c(cc1OC1CCNCC1)CCO2. The lowest BCUT2D eigenvalue weighted by Gasteiger charge is -2.23. The Morgan fingerprint density at radius 2 is 2.25 bits per heavy atom. The van der Waals surface area contributed by atoms with Gasteiger partial charge in [-0.2, -0.15) is 0 Å². The summed E-state index contributed by atoms with van der Waals surface area (Å²) in [6.07, 6.45) is 5.21. The predicted molar refractivity (Wildman–Crippen MR) is 60.0 cm³/mol. The molecule has 1 saturated heterocycles. The largest absolute Gasteiger partial charge is 0.489 e. The van der Waals surface area contributed by atoms with Crippen molar-refractivity contribution < 1.29 is 9.47 Å². The summed E-state index contributed by atoms with van der Waals surface area (Å²) in [6, 6.07) is 2.07. The molecule has 1 aromatic rings. The maximum Gasteiger partial charge on any atom is 0.216 e. The number of ether oxygens (including phenoxy) is 2. The van der Waals surface area contributed by atoms with Crippen molar-refractivity contribution in [3.63, 3.8) is 0 Å². The molecule has 4 nitrogen and oxygen atoms in total. The van der Waals surface area contributed by atoms with E-state index in [9.17, 15) is 0 Å². The van der Waals surface area contributed by atoms with E-state index in [-0.39, 0.29) is 0 Å². The number of hydrogen-bond donors (Lipinski definition) is 1. The van der Waals surface area contributed by atoms with E-state index in [1.54, 1.807) is 6.20 Å². The Morgan fingerprint density at radius 3 is 3.12 bits per heavy atom. The third-order valence-electron chi connectivity index (χ3n) is 3.10. The number of fused-ring (bicyclic) bond motifs is 1. The second-order valence-electron chi connectivity index (χ2n) is 4.30. The summed E-state index contributed by atoms with van der Waals surface area (Å²) >= 11 is 0. The third-order valence-corrected chi connectivity index (χ3v) is 3.10. The van der Waals surface area contributed by atoms with Crippen molar-refractivity contribution >= 4 is 0 Å². The Kier molecular flexibility index (Phi) is 2.66. The summed E-state index contributed by atoms with van der Waals surface area (Å²) in [5, 5.41) is 3.33. The van der Waals surface area contributed by atoms with Gasteiger partial charge in [0.25, 0.3) is 0 Å². The summed E-state index contributed by atoms with van der Waals surface area (Å²) in [5.74, 6) is 1.66. The van der Waals surface area contributed by atoms with Crippen LogP contribution in [0.2, 0.25) is 0 Å². The lowest BCUT2D eigenvalue weighted by atomic mass is 10.1. The Bertz CT molecular complexity index is 375. The summed E-state index contributed by atoms with van der Waals surface area (Å²) in [5.41, 5.74) is 1.17. The first-order chi connectivity index (χ1) is 7.92. The zero-order chi connectivity index (χ0) is 10.8. The molecule has 1 aromatic heterocycles. The van der Waals surface area contributed by atoms with Gasteiger partial charge in [0.2, 0.25) is 5.88 Å². The summed E-state index contributed by atoms with van der Waals surface area (Å²) < 4.78 is 11.3. The van der Waals surface area contributed by atoms with Gasteiger partial charge in [0, 0.05) is 12.0 Å². The smallest absolute Gasteiger partial charge is 0.216 e. The molecule has 0 bridgehead atoms. The van der Waals surface area contributed by atoms with Crippen LogP contribution in [0.25, 0.3) is 0 Å². The second kappa shape index (κ2) is 4.29. The molecule has 0 saturated carbocycles. The Morgan fingerprint density at radius 1 is 1.38 bits per heavy atom. The first-order valence-electron chi connectivity index (χ1n) is 5.91. The molecule has 0 atom stereocenters. The Labute approximate surface area is 95.0 Å². The molecule has 16 heavy (non-hydrogen) atoms. The van der Waals surface area contributed by atoms with E-state index in [1.165, 1.54) is 5.56 Å². The van der Waals surface area contributed by atoms with Crippen LogP contribution in [0.3, 0.4) is 0 Å². The van der Waals surface area contributed by atoms with Crippen molar-refractivity contribution in [1.29, 1.82) is 0 Å². The molecule has 0 radical (unpaired) electrons. The van der Waals surface area contributed by atoms with Gasteiger partial charge in [-0.1, -0.05) is 0 Å². The van der Waals surface area contributed by atoms with Crippen LogP contribution in [0.1, 0.15) is 18.4 Å². The van der Waals surface area contributed by atoms with Crippen LogP contribution in [0.5, 0.6) is 11.6 Å². The third kappa shape index (κ3) is 1.97. The molecule has 1 fully saturated rings. The van der Waals surface area contributed by atoms with Crippen LogP contribution in [-0.4, -0.2) is 30.8 Å². The molecule has 0 aliphatic carbocycles. The van der Waals surface area contributed by atoms with Crippen LogP contribution < -0.4 is 14.8 Å². The van der Waals surface area contributed by atoms with Crippen molar-refractivity contribution in [1.82, 2.24) is 10.3 Å². The first kappa shape index (κ1) is 9.90. The number of hydrogen-bond acceptors (Lipinski definition) is 4. The van der Waals surface area contributed by atoms with Crippen molar-refractivity contribution in [3.8, 4) is 11.6 Å². The highest BCUT2D eigenvalue weighted by Gasteiger charge is 2.17. The molecule has 4 heteroatoms. The van der Waals surface area contributed by atoms with Crippen molar-refractivity contribution in [2.45, 2.75) is 25.4 Å². The summed E-state index contributed by atoms with van der Waals surface area (Å²) in [7, 11) is 0. The average molecular weight is 220 g/mol. The molecule has 0 unspecified atom stereocenters. The van der Waals surface area contributed by atoms with Crippen LogP contribution >= 0.6 is 0 Å². The molecule has 2 aliphatic rings. The quantitative estimate of drug-likeness (QED) is 0.812. The highest BCUT2D eigenvalue weighted by Crippen LogP contribution is 2.27. The molecule has 1 N–H and O–H groups in total. The fourth-order valence-corrected chi connectivity index (χ4v) is 2.21. The molecule has 0 spiro atoms. The highest BCUT2D eigenvalue weighted by atomic mass is 16.5. The number of piperidine rings is 1. The lowest BCUT2D eigenvalue weighted by molar-refractivity contribution is 0.161. The topological polar surface area (TPSA) is 43.4 Å². The standard InChI is InChI=1S/C12H16N2O2/c1-4-13-5-2-10(1)16-11-7-9-3-6-15-12(9)14-8-11/h7-8,10,13H,1-6H2. The number of rotatable bonds is 2. The van der Waals surface area contributed by atoms with Gasteiger partial charge in [-0.15, -0.1) is 0 Å². The molecule has 0 aromatic carbocycles. The van der Waals surface area contributed by atoms with Gasteiger partial charge in [0.15, 0.2) is 0 Å². The number of nitrogens with zero attached hydrogens (tertiary/aromatic N) is 1. The van der Waals surface area contributed by atoms with Crippen molar-refractivity contribution in [2.24, 2.45) is 0 Å². The summed E-state index contributed by atoms with van der Waals surface area (Å²) in [4.78, 5) is 4.26. The zero-order valence-corrected chi connectivity index (χ0v) is 9.24. The van der Waals surface area contributed by atoms with E-state index in [4.69, 9.17) is 9.47 Å². The van der Waals surface area contributed by atoms with Crippen LogP contribution in [0.15, 0.2) is 12.3 Å². The molecule has 0 amide bonds. The first-order valence-corrected chi connectivity index (χ1v) is 5.91. The van der Waals surface area contributed by atoms with Gasteiger partial charge in [-0.3, -0.25) is 0 Å². The number of pyridine rings is 1. The fourth-order valence-electron chi connectivity index (χ4n) is 2.21. The van der Waals surface area contributed by atoms with Gasteiger partial charge in [0.05, 0.1) is 12.8 Å². The zero-order valence-electron chi connectivity index (χ0n) is 9.24. The number of aromatic nitrogens is 1. The lowest BCUT2D eigenvalue weighted by Crippen LogP contribution is -2.34. The minimum atomic E-state index is 0.337. The monoisotopic (exact) mass is 220 g/mol. The summed E-state index contributed by atoms with van der Waals surface area (Å²) in [6.45, 7) is 2.84. The highest BCUT2D eigenvalue weighted by molar-refractivity contribution is 5.35. The van der Waals surface area contributed by atoms with E-state index in [0.29, 0.717) is 6.10 Å². The minimum Gasteiger partial charge on any atom is -0.489 e. The van der Waals surface area contributed by atoms with E-state index in [1.807, 2.05) is 0 Å². The van der Waals surface area contributed by atoms with E-state index in [2.05, 4.69) is 16.4 Å². The number of nitrogens with one attached hydrogen (secondary N) is 1. The van der Waals surface area contributed by atoms with Crippen LogP contribution in [0.4, 0.5) is 0 Å². The van der Waals surface area contributed by atoms with Crippen LogP contribution in [-0.2, 0) is 6.42 Å². The fraction of sp³-hybridized carbons (Fsp3) is 0.583. The van der Waals surface area contributed by atoms with Crippen LogP contribution in [0, 0.1) is 0 Å². The Balaban J connectivity index is 1.69.